The SMILES string of the molecule is O=C(Cc1cccc(F)c1)NCCCCCCO. The van der Waals surface area contributed by atoms with Crippen molar-refractivity contribution in [2.75, 3.05) is 13.2 Å². The van der Waals surface area contributed by atoms with E-state index >= 15 is 0 Å². The highest BCUT2D eigenvalue weighted by atomic mass is 19.1. The van der Waals surface area contributed by atoms with Crippen LogP contribution in [0.3, 0.4) is 0 Å². The zero-order valence-corrected chi connectivity index (χ0v) is 10.5. The van der Waals surface area contributed by atoms with Crippen molar-refractivity contribution < 1.29 is 14.3 Å². The molecule has 4 heteroatoms. The largest absolute Gasteiger partial charge is 0.396 e. The molecule has 0 radical (unpaired) electrons. The van der Waals surface area contributed by atoms with Crippen molar-refractivity contribution in [2.24, 2.45) is 0 Å². The molecule has 0 fully saturated rings. The molecular weight excluding hydrogens is 233 g/mol. The molecule has 0 aliphatic rings. The maximum atomic E-state index is 12.9. The van der Waals surface area contributed by atoms with Gasteiger partial charge in [-0.1, -0.05) is 25.0 Å². The summed E-state index contributed by atoms with van der Waals surface area (Å²) >= 11 is 0. The van der Waals surface area contributed by atoms with Crippen LogP contribution >= 0.6 is 0 Å². The zero-order chi connectivity index (χ0) is 13.2. The molecule has 0 saturated carbocycles. The average molecular weight is 253 g/mol. The first-order chi connectivity index (χ1) is 8.72. The Labute approximate surface area is 107 Å². The quantitative estimate of drug-likeness (QED) is 0.696. The zero-order valence-electron chi connectivity index (χ0n) is 10.5. The molecule has 0 saturated heterocycles. The second-order valence-electron chi connectivity index (χ2n) is 4.29. The summed E-state index contributed by atoms with van der Waals surface area (Å²) in [5.41, 5.74) is 0.688. The minimum atomic E-state index is -0.315. The summed E-state index contributed by atoms with van der Waals surface area (Å²) in [6, 6.07) is 6.08. The summed E-state index contributed by atoms with van der Waals surface area (Å²) in [7, 11) is 0. The van der Waals surface area contributed by atoms with Gasteiger partial charge in [-0.3, -0.25) is 4.79 Å². The first kappa shape index (κ1) is 14.6. The topological polar surface area (TPSA) is 49.3 Å². The van der Waals surface area contributed by atoms with E-state index in [2.05, 4.69) is 5.32 Å². The van der Waals surface area contributed by atoms with Gasteiger partial charge in [-0.15, -0.1) is 0 Å². The molecule has 1 rings (SSSR count). The van der Waals surface area contributed by atoms with Gasteiger partial charge in [0.1, 0.15) is 5.82 Å². The Kier molecular flexibility index (Phi) is 7.03. The van der Waals surface area contributed by atoms with Crippen molar-refractivity contribution in [3.8, 4) is 0 Å². The van der Waals surface area contributed by atoms with Crippen molar-refractivity contribution in [2.45, 2.75) is 32.1 Å². The Morgan fingerprint density at radius 1 is 1.22 bits per heavy atom. The Morgan fingerprint density at radius 2 is 2.00 bits per heavy atom. The minimum Gasteiger partial charge on any atom is -0.396 e. The van der Waals surface area contributed by atoms with E-state index in [4.69, 9.17) is 5.11 Å². The molecule has 0 heterocycles. The van der Waals surface area contributed by atoms with Crippen LogP contribution in [0.5, 0.6) is 0 Å². The Hall–Kier alpha value is -1.42. The predicted octanol–water partition coefficient (Wildman–Crippen LogP) is 2.04. The predicted molar refractivity (Wildman–Crippen MR) is 68.7 cm³/mol. The van der Waals surface area contributed by atoms with Crippen LogP contribution in [-0.4, -0.2) is 24.2 Å². The molecule has 1 aromatic rings. The number of hydrogen-bond acceptors (Lipinski definition) is 2. The van der Waals surface area contributed by atoms with Crippen molar-refractivity contribution in [1.82, 2.24) is 5.32 Å². The molecule has 2 N–H and O–H groups in total. The average Bonchev–Trinajstić information content (AvgIpc) is 2.33. The van der Waals surface area contributed by atoms with Crippen LogP contribution in [0.1, 0.15) is 31.2 Å². The number of benzene rings is 1. The van der Waals surface area contributed by atoms with Crippen LogP contribution < -0.4 is 5.32 Å². The van der Waals surface area contributed by atoms with E-state index in [-0.39, 0.29) is 24.8 Å². The van der Waals surface area contributed by atoms with Gasteiger partial charge in [0.25, 0.3) is 0 Å². The summed E-state index contributed by atoms with van der Waals surface area (Å²) in [6.45, 7) is 0.867. The molecule has 1 amide bonds. The fraction of sp³-hybridized carbons (Fsp3) is 0.500. The van der Waals surface area contributed by atoms with E-state index in [1.807, 2.05) is 0 Å². The smallest absolute Gasteiger partial charge is 0.224 e. The van der Waals surface area contributed by atoms with E-state index in [9.17, 15) is 9.18 Å². The Morgan fingerprint density at radius 3 is 2.72 bits per heavy atom. The number of carbonyl (C=O) groups is 1. The normalized spacial score (nSPS) is 10.3. The van der Waals surface area contributed by atoms with Crippen LogP contribution in [0, 0.1) is 5.82 Å². The number of aliphatic hydroxyl groups excluding tert-OH is 1. The highest BCUT2D eigenvalue weighted by Gasteiger charge is 2.03. The van der Waals surface area contributed by atoms with Crippen LogP contribution in [-0.2, 0) is 11.2 Å². The van der Waals surface area contributed by atoms with Gasteiger partial charge in [0.15, 0.2) is 0 Å². The maximum absolute atomic E-state index is 12.9. The summed E-state index contributed by atoms with van der Waals surface area (Å²) in [5.74, 6) is -0.396. The first-order valence-electron chi connectivity index (χ1n) is 6.34. The summed E-state index contributed by atoms with van der Waals surface area (Å²) in [5, 5.41) is 11.4. The second-order valence-corrected chi connectivity index (χ2v) is 4.29. The minimum absolute atomic E-state index is 0.0808. The number of nitrogens with one attached hydrogen (secondary N) is 1. The van der Waals surface area contributed by atoms with Crippen LogP contribution in [0.4, 0.5) is 4.39 Å². The molecule has 3 nitrogen and oxygen atoms in total. The van der Waals surface area contributed by atoms with E-state index < -0.39 is 0 Å². The summed E-state index contributed by atoms with van der Waals surface area (Å²) in [6.07, 6.45) is 3.93. The standard InChI is InChI=1S/C14H20FNO2/c15-13-7-5-6-12(10-13)11-14(18)16-8-3-1-2-4-9-17/h5-7,10,17H,1-4,8-9,11H2,(H,16,18). The molecule has 0 atom stereocenters. The molecule has 0 spiro atoms. The number of aliphatic hydroxyl groups is 1. The van der Waals surface area contributed by atoms with Gasteiger partial charge in [0.2, 0.25) is 5.91 Å². The molecule has 100 valence electrons. The first-order valence-corrected chi connectivity index (χ1v) is 6.34. The number of hydrogen-bond donors (Lipinski definition) is 2. The Bertz CT molecular complexity index is 369. The number of unbranched alkanes of at least 4 members (excludes halogenated alkanes) is 3. The van der Waals surface area contributed by atoms with Crippen LogP contribution in [0.2, 0.25) is 0 Å². The summed E-state index contributed by atoms with van der Waals surface area (Å²) in [4.78, 5) is 11.5. The monoisotopic (exact) mass is 253 g/mol. The van der Waals surface area contributed by atoms with Crippen molar-refractivity contribution >= 4 is 5.91 Å². The third kappa shape index (κ3) is 6.35. The Balaban J connectivity index is 2.14. The van der Waals surface area contributed by atoms with Crippen molar-refractivity contribution in [1.29, 1.82) is 0 Å². The highest BCUT2D eigenvalue weighted by molar-refractivity contribution is 5.78. The molecule has 0 bridgehead atoms. The van der Waals surface area contributed by atoms with Crippen molar-refractivity contribution in [3.63, 3.8) is 0 Å². The van der Waals surface area contributed by atoms with Gasteiger partial charge in [-0.2, -0.15) is 0 Å². The lowest BCUT2D eigenvalue weighted by molar-refractivity contribution is -0.120. The van der Waals surface area contributed by atoms with E-state index in [0.717, 1.165) is 25.7 Å². The third-order valence-corrected chi connectivity index (χ3v) is 2.66. The molecule has 0 unspecified atom stereocenters. The van der Waals surface area contributed by atoms with E-state index in [0.29, 0.717) is 12.1 Å². The molecule has 0 aromatic heterocycles. The number of carbonyl (C=O) groups excluding carboxylic acids is 1. The molecule has 1 aromatic carbocycles. The summed E-state index contributed by atoms with van der Waals surface area (Å²) < 4.78 is 12.9. The van der Waals surface area contributed by atoms with Gasteiger partial charge in [-0.05, 0) is 30.5 Å². The third-order valence-electron chi connectivity index (χ3n) is 2.66. The van der Waals surface area contributed by atoms with Gasteiger partial charge in [-0.25, -0.2) is 4.39 Å². The number of rotatable bonds is 8. The molecular formula is C14H20FNO2. The fourth-order valence-electron chi connectivity index (χ4n) is 1.71. The maximum Gasteiger partial charge on any atom is 0.224 e. The van der Waals surface area contributed by atoms with Gasteiger partial charge < -0.3 is 10.4 Å². The lowest BCUT2D eigenvalue weighted by Crippen LogP contribution is -2.26. The second kappa shape index (κ2) is 8.64. The number of halogens is 1. The highest BCUT2D eigenvalue weighted by Crippen LogP contribution is 2.04. The van der Waals surface area contributed by atoms with Gasteiger partial charge in [0, 0.05) is 13.2 Å². The molecule has 18 heavy (non-hydrogen) atoms. The lowest BCUT2D eigenvalue weighted by Gasteiger charge is -2.05. The molecule has 0 aliphatic carbocycles. The number of amides is 1. The van der Waals surface area contributed by atoms with Gasteiger partial charge >= 0.3 is 0 Å². The van der Waals surface area contributed by atoms with Crippen molar-refractivity contribution in [3.05, 3.63) is 35.6 Å². The van der Waals surface area contributed by atoms with Gasteiger partial charge in [0.05, 0.1) is 6.42 Å². The van der Waals surface area contributed by atoms with Crippen LogP contribution in [0.25, 0.3) is 0 Å². The lowest BCUT2D eigenvalue weighted by atomic mass is 10.1. The van der Waals surface area contributed by atoms with E-state index in [1.54, 1.807) is 12.1 Å². The van der Waals surface area contributed by atoms with Crippen LogP contribution in [0.15, 0.2) is 24.3 Å². The fourth-order valence-corrected chi connectivity index (χ4v) is 1.71. The van der Waals surface area contributed by atoms with E-state index in [1.165, 1.54) is 12.1 Å². The molecule has 0 aliphatic heterocycles.